The van der Waals surface area contributed by atoms with Gasteiger partial charge in [-0.3, -0.25) is 0 Å². The van der Waals surface area contributed by atoms with Crippen molar-refractivity contribution in [2.45, 2.75) is 0 Å². The van der Waals surface area contributed by atoms with Crippen LogP contribution in [0.2, 0.25) is 0 Å². The Labute approximate surface area is 79.8 Å². The zero-order valence-corrected chi connectivity index (χ0v) is 7.50. The third-order valence-electron chi connectivity index (χ3n) is 0. The van der Waals surface area contributed by atoms with Gasteiger partial charge in [0.2, 0.25) is 0 Å². The van der Waals surface area contributed by atoms with Crippen LogP contribution >= 0.6 is 0 Å². The molecular weight excluding hydrogens is 222 g/mol. The molecule has 0 aromatic carbocycles. The van der Waals surface area contributed by atoms with Crippen molar-refractivity contribution in [2.75, 3.05) is 0 Å². The Balaban J connectivity index is -0.00000000381. The first-order valence-corrected chi connectivity index (χ1v) is 1.85. The minimum atomic E-state index is -4.94. The van der Waals surface area contributed by atoms with Gasteiger partial charge in [0.05, 0.1) is 0 Å². The van der Waals surface area contributed by atoms with Crippen molar-refractivity contribution in [2.24, 2.45) is 0 Å². The number of hydrogen-bond acceptors (Lipinski definition) is 4. The van der Waals surface area contributed by atoms with Crippen molar-refractivity contribution in [1.29, 1.82) is 0 Å². The van der Waals surface area contributed by atoms with E-state index < -0.39 is 10.2 Å². The van der Waals surface area contributed by atoms with Crippen molar-refractivity contribution < 1.29 is 61.7 Å². The van der Waals surface area contributed by atoms with E-state index in [0.717, 1.165) is 0 Å². The molecule has 0 aliphatic rings. The molecule has 0 fully saturated rings. The van der Waals surface area contributed by atoms with Gasteiger partial charge in [0.15, 0.2) is 0 Å². The molecule has 0 rings (SSSR count). The van der Waals surface area contributed by atoms with Crippen LogP contribution in [0.1, 0.15) is 0 Å². The third-order valence-corrected chi connectivity index (χ3v) is 0. The maximum absolute atomic E-state index is 8.49. The Kier molecular flexibility index (Phi) is 208. The van der Waals surface area contributed by atoms with E-state index in [1.54, 1.807) is 0 Å². The summed E-state index contributed by atoms with van der Waals surface area (Å²) in [5.74, 6) is 0. The molecule has 10 nitrogen and oxygen atoms in total. The van der Waals surface area contributed by atoms with Crippen molar-refractivity contribution in [3.63, 3.8) is 0 Å². The largest absolute Gasteiger partial charge is 3.00 e. The Morgan fingerprint density at radius 3 is 0.500 bits per heavy atom. The second kappa shape index (κ2) is 30.1. The van der Waals surface area contributed by atoms with E-state index in [1.165, 1.54) is 0 Å². The quantitative estimate of drug-likeness (QED) is 0.368. The minimum absolute atomic E-state index is 0. The normalized spacial score (nSPS) is 5.00. The van der Waals surface area contributed by atoms with Gasteiger partial charge >= 0.3 is 17.4 Å². The summed E-state index contributed by atoms with van der Waals surface area (Å²) in [7, 11) is -4.94. The van der Waals surface area contributed by atoms with Gasteiger partial charge in [-0.05, 0) is 0 Å². The number of hydrogen-bond donors (Lipinski definition) is 0. The van der Waals surface area contributed by atoms with E-state index in [-0.39, 0.29) is 50.2 Å². The van der Waals surface area contributed by atoms with Gasteiger partial charge in [0.25, 0.3) is 0 Å². The molecule has 0 aromatic heterocycles. The van der Waals surface area contributed by atoms with Crippen LogP contribution in [0.25, 0.3) is 0 Å². The Hall–Kier alpha value is 0.422. The Morgan fingerprint density at radius 2 is 0.500 bits per heavy atom. The second-order valence-electron chi connectivity index (χ2n) is 0.378. The summed E-state index contributed by atoms with van der Waals surface area (Å²) in [6.45, 7) is 0. The molecule has 0 spiro atoms. The van der Waals surface area contributed by atoms with Gasteiger partial charge < -0.3 is 32.9 Å². The van der Waals surface area contributed by atoms with Gasteiger partial charge in [0, 0.05) is 0 Å². The maximum atomic E-state index is 8.49. The molecule has 0 atom stereocenters. The second-order valence-corrected chi connectivity index (χ2v) is 1.13. The first-order valence-electron chi connectivity index (χ1n) is 0.617. The fourth-order valence-corrected chi connectivity index (χ4v) is 0. The summed E-state index contributed by atoms with van der Waals surface area (Å²) in [5, 5.41) is 0. The van der Waals surface area contributed by atoms with E-state index in [9.17, 15) is 0 Å². The summed E-state index contributed by atoms with van der Waals surface area (Å²) in [6.07, 6.45) is 0. The van der Waals surface area contributed by atoms with Crippen LogP contribution in [0.5, 0.6) is 0 Å². The van der Waals surface area contributed by atoms with Gasteiger partial charge in [-0.2, -0.15) is 0 Å². The van der Waals surface area contributed by atoms with Crippen molar-refractivity contribution in [3.8, 4) is 0 Å². The summed E-state index contributed by atoms with van der Waals surface area (Å²) in [4.78, 5) is 0. The first-order chi connectivity index (χ1) is 2.00. The van der Waals surface area contributed by atoms with E-state index in [4.69, 9.17) is 18.6 Å². The predicted octanol–water partition coefficient (Wildman–Crippen LogP) is -10.1. The van der Waals surface area contributed by atoms with Crippen molar-refractivity contribution >= 4 is 17.4 Å². The molecule has 0 saturated carbocycles. The number of halogens is 1. The molecule has 12 N–H and O–H groups in total. The van der Waals surface area contributed by atoms with E-state index in [1.807, 2.05) is 0 Å². The SMILES string of the molecule is O.O.O.O.O.O.[Al+3].[O-][Cl+3]([O-])([O-])[O-]. The number of rotatable bonds is 0. The molecule has 0 bridgehead atoms. The van der Waals surface area contributed by atoms with Crippen LogP contribution in [0.4, 0.5) is 0 Å². The Bertz CT molecular complexity index is 25.3. The average molecular weight is 235 g/mol. The van der Waals surface area contributed by atoms with Crippen LogP contribution < -0.4 is 18.6 Å². The van der Waals surface area contributed by atoms with Gasteiger partial charge in [-0.15, -0.1) is 10.2 Å². The van der Waals surface area contributed by atoms with Crippen molar-refractivity contribution in [3.05, 3.63) is 0 Å². The van der Waals surface area contributed by atoms with Crippen LogP contribution in [0.3, 0.4) is 0 Å². The molecule has 0 aromatic rings. The molecular formula is H12AlClO10+2. The first kappa shape index (κ1) is 82.9. The van der Waals surface area contributed by atoms with E-state index in [0.29, 0.717) is 0 Å². The molecule has 0 amide bonds. The summed E-state index contributed by atoms with van der Waals surface area (Å²) < 4.78 is 34.0. The molecule has 12 heteroatoms. The van der Waals surface area contributed by atoms with Gasteiger partial charge in [-0.25, -0.2) is 18.6 Å². The van der Waals surface area contributed by atoms with Crippen LogP contribution in [0.15, 0.2) is 0 Å². The van der Waals surface area contributed by atoms with E-state index >= 15 is 0 Å². The Morgan fingerprint density at radius 1 is 0.500 bits per heavy atom. The molecule has 0 aliphatic heterocycles. The molecule has 0 radical (unpaired) electrons. The van der Waals surface area contributed by atoms with Crippen molar-refractivity contribution in [1.82, 2.24) is 0 Å². The summed E-state index contributed by atoms with van der Waals surface area (Å²) in [5.41, 5.74) is 0. The van der Waals surface area contributed by atoms with E-state index in [2.05, 4.69) is 0 Å². The predicted molar refractivity (Wildman–Crippen MR) is 27.4 cm³/mol. The topological polar surface area (TPSA) is 281 Å². The maximum Gasteiger partial charge on any atom is 3.00 e. The summed E-state index contributed by atoms with van der Waals surface area (Å²) >= 11 is 0. The molecule has 0 saturated heterocycles. The van der Waals surface area contributed by atoms with Crippen LogP contribution in [-0.4, -0.2) is 50.2 Å². The van der Waals surface area contributed by atoms with Crippen LogP contribution in [-0.2, 0) is 0 Å². The molecule has 0 unspecified atom stereocenters. The molecule has 0 heterocycles. The smallest absolute Gasteiger partial charge is 0.412 e. The third kappa shape index (κ3) is 5180. The van der Waals surface area contributed by atoms with Gasteiger partial charge in [-0.1, -0.05) is 0 Å². The monoisotopic (exact) mass is 234 g/mol. The molecule has 80 valence electrons. The standard InChI is InChI=1S/Al.ClHO4.6H2O/c;2-1(3,4)5;;;;;;/h;(H,2,3,4,5);6*1H2/q+3;;;;;;;/p-1. The van der Waals surface area contributed by atoms with Gasteiger partial charge in [0.1, 0.15) is 0 Å². The molecule has 0 aliphatic carbocycles. The summed E-state index contributed by atoms with van der Waals surface area (Å²) in [6, 6.07) is 0. The minimum Gasteiger partial charge on any atom is -0.412 e. The average Bonchev–Trinajstić information content (AvgIpc) is 0.722. The molecule has 12 heavy (non-hydrogen) atoms. The zero-order valence-electron chi connectivity index (χ0n) is 5.59. The fraction of sp³-hybridized carbons (Fsp3) is 0. The van der Waals surface area contributed by atoms with Crippen LogP contribution in [0, 0.1) is 10.2 Å². The zero-order chi connectivity index (χ0) is 4.50. The fourth-order valence-electron chi connectivity index (χ4n) is 0.